The SMILES string of the molecule is O=S(=O)(Nc1cccc2cccnc12)c1ccc(-n2c(O)c3c(c2O)[C@@H]2C=CC3C2)cc1. The van der Waals surface area contributed by atoms with Gasteiger partial charge in [0.2, 0.25) is 11.8 Å². The van der Waals surface area contributed by atoms with Crippen LogP contribution in [0.2, 0.25) is 0 Å². The number of aromatic nitrogens is 2. The molecule has 0 spiro atoms. The Bertz CT molecular complexity index is 1480. The van der Waals surface area contributed by atoms with Crippen LogP contribution in [0.25, 0.3) is 16.6 Å². The van der Waals surface area contributed by atoms with E-state index in [-0.39, 0.29) is 28.5 Å². The summed E-state index contributed by atoms with van der Waals surface area (Å²) in [6, 6.07) is 15.0. The Morgan fingerprint density at radius 3 is 2.25 bits per heavy atom. The number of allylic oxidation sites excluding steroid dienone is 2. The first-order valence-electron chi connectivity index (χ1n) is 10.3. The summed E-state index contributed by atoms with van der Waals surface area (Å²) in [6.07, 6.45) is 6.60. The molecule has 2 heterocycles. The summed E-state index contributed by atoms with van der Waals surface area (Å²) in [7, 11) is -3.86. The molecule has 1 unspecified atom stereocenters. The van der Waals surface area contributed by atoms with Gasteiger partial charge in [0.25, 0.3) is 10.0 Å². The van der Waals surface area contributed by atoms with Crippen molar-refractivity contribution in [1.29, 1.82) is 0 Å². The lowest BCUT2D eigenvalue weighted by Crippen LogP contribution is -2.13. The number of fused-ring (bicyclic) bond motifs is 6. The second-order valence-electron chi connectivity index (χ2n) is 8.12. The molecule has 0 amide bonds. The summed E-state index contributed by atoms with van der Waals surface area (Å²) in [5.74, 6) is 0.232. The average molecular weight is 446 g/mol. The molecule has 2 aliphatic carbocycles. The highest BCUT2D eigenvalue weighted by molar-refractivity contribution is 7.92. The van der Waals surface area contributed by atoms with E-state index in [4.69, 9.17) is 0 Å². The number of nitrogens with zero attached hydrogens (tertiary/aromatic N) is 2. The summed E-state index contributed by atoms with van der Waals surface area (Å²) < 4.78 is 29.9. The van der Waals surface area contributed by atoms with Crippen molar-refractivity contribution in [3.8, 4) is 17.4 Å². The first-order valence-corrected chi connectivity index (χ1v) is 11.7. The number of sulfonamides is 1. The number of para-hydroxylation sites is 1. The van der Waals surface area contributed by atoms with E-state index in [1.165, 1.54) is 16.7 Å². The molecule has 2 aromatic heterocycles. The number of hydrogen-bond donors (Lipinski definition) is 3. The second-order valence-corrected chi connectivity index (χ2v) is 9.81. The summed E-state index contributed by atoms with van der Waals surface area (Å²) in [4.78, 5) is 4.35. The molecule has 0 aliphatic heterocycles. The van der Waals surface area contributed by atoms with E-state index >= 15 is 0 Å². The Labute approximate surface area is 184 Å². The molecule has 8 heteroatoms. The summed E-state index contributed by atoms with van der Waals surface area (Å²) in [5, 5.41) is 22.4. The lowest BCUT2D eigenvalue weighted by molar-refractivity contribution is 0.395. The molecular weight excluding hydrogens is 426 g/mol. The topological polar surface area (TPSA) is 104 Å². The van der Waals surface area contributed by atoms with Gasteiger partial charge in [-0.15, -0.1) is 0 Å². The van der Waals surface area contributed by atoms with E-state index in [1.807, 2.05) is 12.1 Å². The predicted molar refractivity (Wildman–Crippen MR) is 121 cm³/mol. The zero-order chi connectivity index (χ0) is 22.0. The van der Waals surface area contributed by atoms with Crippen molar-refractivity contribution in [1.82, 2.24) is 9.55 Å². The van der Waals surface area contributed by atoms with Crippen LogP contribution < -0.4 is 4.72 Å². The van der Waals surface area contributed by atoms with Crippen molar-refractivity contribution in [2.24, 2.45) is 0 Å². The minimum absolute atomic E-state index is 0.00455. The summed E-state index contributed by atoms with van der Waals surface area (Å²) in [6.45, 7) is 0. The number of hydrogen-bond acceptors (Lipinski definition) is 5. The van der Waals surface area contributed by atoms with Gasteiger partial charge in [-0.25, -0.2) is 8.42 Å². The monoisotopic (exact) mass is 445 g/mol. The predicted octanol–water partition coefficient (Wildman–Crippen LogP) is 4.38. The molecule has 0 fully saturated rings. The van der Waals surface area contributed by atoms with Gasteiger partial charge in [-0.3, -0.25) is 14.3 Å². The highest BCUT2D eigenvalue weighted by Crippen LogP contribution is 2.57. The highest BCUT2D eigenvalue weighted by Gasteiger charge is 2.41. The lowest BCUT2D eigenvalue weighted by Gasteiger charge is -2.12. The molecule has 2 aliphatic rings. The maximum absolute atomic E-state index is 13.0. The molecule has 0 saturated heterocycles. The van der Waals surface area contributed by atoms with E-state index in [0.29, 0.717) is 16.9 Å². The van der Waals surface area contributed by atoms with Crippen LogP contribution in [0.1, 0.15) is 29.4 Å². The van der Waals surface area contributed by atoms with E-state index in [1.54, 1.807) is 36.5 Å². The molecule has 7 nitrogen and oxygen atoms in total. The van der Waals surface area contributed by atoms with Gasteiger partial charge in [-0.2, -0.15) is 0 Å². The average Bonchev–Trinajstić information content (AvgIpc) is 3.48. The molecule has 2 aromatic carbocycles. The van der Waals surface area contributed by atoms with E-state index in [2.05, 4.69) is 21.9 Å². The summed E-state index contributed by atoms with van der Waals surface area (Å²) in [5.41, 5.74) is 2.97. The minimum Gasteiger partial charge on any atom is -0.494 e. The van der Waals surface area contributed by atoms with Gasteiger partial charge in [0.15, 0.2) is 0 Å². The van der Waals surface area contributed by atoms with Crippen LogP contribution in [-0.2, 0) is 10.0 Å². The van der Waals surface area contributed by atoms with Gasteiger partial charge in [0.05, 0.1) is 21.8 Å². The Hall–Kier alpha value is -3.78. The summed E-state index contributed by atoms with van der Waals surface area (Å²) >= 11 is 0. The fraction of sp³-hybridized carbons (Fsp3) is 0.125. The number of benzene rings is 2. The molecule has 4 aromatic rings. The third-order valence-electron chi connectivity index (χ3n) is 6.30. The van der Waals surface area contributed by atoms with Crippen LogP contribution in [0, 0.1) is 0 Å². The largest absolute Gasteiger partial charge is 0.494 e. The van der Waals surface area contributed by atoms with Crippen molar-refractivity contribution in [2.75, 3.05) is 4.72 Å². The van der Waals surface area contributed by atoms with E-state index in [9.17, 15) is 18.6 Å². The van der Waals surface area contributed by atoms with Gasteiger partial charge >= 0.3 is 0 Å². The number of rotatable bonds is 4. The number of nitrogens with one attached hydrogen (secondary N) is 1. The van der Waals surface area contributed by atoms with Crippen LogP contribution in [0.4, 0.5) is 5.69 Å². The maximum Gasteiger partial charge on any atom is 0.261 e. The molecule has 32 heavy (non-hydrogen) atoms. The quantitative estimate of drug-likeness (QED) is 0.405. The fourth-order valence-electron chi connectivity index (χ4n) is 4.85. The normalized spacial score (nSPS) is 18.9. The molecule has 2 bridgehead atoms. The molecule has 0 radical (unpaired) electrons. The molecule has 160 valence electrons. The maximum atomic E-state index is 13.0. The van der Waals surface area contributed by atoms with E-state index in [0.717, 1.165) is 22.9 Å². The first-order chi connectivity index (χ1) is 15.4. The Morgan fingerprint density at radius 2 is 1.56 bits per heavy atom. The smallest absolute Gasteiger partial charge is 0.261 e. The first kappa shape index (κ1) is 18.9. The lowest BCUT2D eigenvalue weighted by atomic mass is 10.0. The molecule has 2 atom stereocenters. The Balaban J connectivity index is 1.34. The Morgan fingerprint density at radius 1 is 0.906 bits per heavy atom. The number of pyridine rings is 1. The fourth-order valence-corrected chi connectivity index (χ4v) is 5.92. The standard InChI is InChI=1S/C24H19N3O4S/c28-23-20-15-6-7-16(13-15)21(20)24(29)27(23)17-8-10-18(11-9-17)32(30,31)26-19-5-1-3-14-4-2-12-25-22(14)19/h1-12,15-16,26,28-29H,13H2/t15-,16?/m1/s1. The van der Waals surface area contributed by atoms with Gasteiger partial charge in [0, 0.05) is 34.5 Å². The molecule has 3 N–H and O–H groups in total. The molecular formula is C24H19N3O4S. The minimum atomic E-state index is -3.86. The van der Waals surface area contributed by atoms with E-state index < -0.39 is 10.0 Å². The Kier molecular flexibility index (Phi) is 3.91. The van der Waals surface area contributed by atoms with Crippen LogP contribution in [0.15, 0.2) is 77.8 Å². The van der Waals surface area contributed by atoms with Crippen molar-refractivity contribution in [3.63, 3.8) is 0 Å². The molecule has 0 saturated carbocycles. The third-order valence-corrected chi connectivity index (χ3v) is 7.68. The van der Waals surface area contributed by atoms with Gasteiger partial charge in [0.1, 0.15) is 0 Å². The number of anilines is 1. The number of aromatic hydroxyl groups is 2. The van der Waals surface area contributed by atoms with Crippen molar-refractivity contribution >= 4 is 26.6 Å². The zero-order valence-corrected chi connectivity index (χ0v) is 17.6. The van der Waals surface area contributed by atoms with Crippen molar-refractivity contribution < 1.29 is 18.6 Å². The molecule has 6 rings (SSSR count). The van der Waals surface area contributed by atoms with Gasteiger partial charge in [-0.05, 0) is 42.8 Å². The third kappa shape index (κ3) is 2.66. The highest BCUT2D eigenvalue weighted by atomic mass is 32.2. The second kappa shape index (κ2) is 6.61. The van der Waals surface area contributed by atoms with Gasteiger partial charge in [-0.1, -0.05) is 30.4 Å². The van der Waals surface area contributed by atoms with Crippen LogP contribution >= 0.6 is 0 Å². The van der Waals surface area contributed by atoms with Crippen LogP contribution in [-0.4, -0.2) is 28.2 Å². The van der Waals surface area contributed by atoms with Crippen molar-refractivity contribution in [3.05, 3.63) is 84.1 Å². The van der Waals surface area contributed by atoms with Gasteiger partial charge < -0.3 is 10.2 Å². The zero-order valence-electron chi connectivity index (χ0n) is 16.8. The van der Waals surface area contributed by atoms with Crippen LogP contribution in [0.5, 0.6) is 11.8 Å². The van der Waals surface area contributed by atoms with Crippen molar-refractivity contribution in [2.45, 2.75) is 23.2 Å². The van der Waals surface area contributed by atoms with Crippen LogP contribution in [0.3, 0.4) is 0 Å².